The molecule has 0 aliphatic carbocycles. The van der Waals surface area contributed by atoms with Crippen LogP contribution < -0.4 is 0 Å². The second-order valence-electron chi connectivity index (χ2n) is 4.54. The van der Waals surface area contributed by atoms with Crippen LogP contribution >= 0.6 is 0 Å². The van der Waals surface area contributed by atoms with Gasteiger partial charge in [-0.3, -0.25) is 9.78 Å². The molecule has 0 fully saturated rings. The summed E-state index contributed by atoms with van der Waals surface area (Å²) in [5.41, 5.74) is 3.88. The van der Waals surface area contributed by atoms with Gasteiger partial charge in [0.1, 0.15) is 6.29 Å². The smallest absolute Gasteiger partial charge is 0.150 e. The van der Waals surface area contributed by atoms with Crippen molar-refractivity contribution >= 4 is 29.3 Å². The molecule has 1 aromatic heterocycles. The van der Waals surface area contributed by atoms with E-state index in [9.17, 15) is 4.79 Å². The summed E-state index contributed by atoms with van der Waals surface area (Å²) in [6.07, 6.45) is 6.78. The van der Waals surface area contributed by atoms with Crippen molar-refractivity contribution in [1.29, 1.82) is 0 Å². The Balaban J connectivity index is 1.95. The van der Waals surface area contributed by atoms with Crippen molar-refractivity contribution in [2.75, 3.05) is 0 Å². The highest BCUT2D eigenvalue weighted by molar-refractivity contribution is 5.90. The molecule has 1 heterocycles. The molecule has 0 unspecified atom stereocenters. The van der Waals surface area contributed by atoms with Crippen LogP contribution in [0.3, 0.4) is 0 Å². The van der Waals surface area contributed by atoms with Crippen molar-refractivity contribution in [2.24, 2.45) is 0 Å². The van der Waals surface area contributed by atoms with Gasteiger partial charge < -0.3 is 0 Å². The zero-order chi connectivity index (χ0) is 13.8. The van der Waals surface area contributed by atoms with Crippen LogP contribution in [0.25, 0.3) is 23.1 Å². The number of nitrogens with zero attached hydrogens (tertiary/aromatic N) is 1. The lowest BCUT2D eigenvalue weighted by atomic mass is 10.1. The topological polar surface area (TPSA) is 30.0 Å². The Morgan fingerprint density at radius 2 is 1.55 bits per heavy atom. The number of para-hydroxylation sites is 1. The van der Waals surface area contributed by atoms with Crippen molar-refractivity contribution in [3.8, 4) is 0 Å². The van der Waals surface area contributed by atoms with Gasteiger partial charge in [-0.15, -0.1) is 0 Å². The van der Waals surface area contributed by atoms with E-state index in [1.54, 1.807) is 0 Å². The third-order valence-electron chi connectivity index (χ3n) is 3.21. The molecule has 20 heavy (non-hydrogen) atoms. The number of rotatable bonds is 3. The van der Waals surface area contributed by atoms with Gasteiger partial charge in [0, 0.05) is 17.1 Å². The number of carbonyl (C=O) groups excluding carboxylic acids is 1. The molecule has 0 saturated heterocycles. The first-order valence-corrected chi connectivity index (χ1v) is 6.44. The molecule has 0 N–H and O–H groups in total. The molecule has 0 aliphatic heterocycles. The van der Waals surface area contributed by atoms with Crippen molar-refractivity contribution in [3.63, 3.8) is 0 Å². The van der Waals surface area contributed by atoms with Gasteiger partial charge in [0.2, 0.25) is 0 Å². The summed E-state index contributed by atoms with van der Waals surface area (Å²) in [5.74, 6) is 0. The van der Waals surface area contributed by atoms with E-state index in [4.69, 9.17) is 0 Å². The van der Waals surface area contributed by atoms with Gasteiger partial charge in [-0.05, 0) is 23.3 Å². The Labute approximate surface area is 117 Å². The summed E-state index contributed by atoms with van der Waals surface area (Å²) in [7, 11) is 0. The maximum absolute atomic E-state index is 10.6. The van der Waals surface area contributed by atoms with E-state index in [0.29, 0.717) is 5.56 Å². The van der Waals surface area contributed by atoms with Crippen molar-refractivity contribution in [1.82, 2.24) is 4.98 Å². The monoisotopic (exact) mass is 259 g/mol. The third kappa shape index (κ3) is 2.50. The molecule has 0 amide bonds. The Bertz CT molecular complexity index is 768. The van der Waals surface area contributed by atoms with Gasteiger partial charge in [0.15, 0.2) is 0 Å². The summed E-state index contributed by atoms with van der Waals surface area (Å²) < 4.78 is 0. The number of fused-ring (bicyclic) bond motifs is 1. The molecule has 0 bridgehead atoms. The maximum atomic E-state index is 10.6. The van der Waals surface area contributed by atoms with Crippen LogP contribution in [-0.2, 0) is 0 Å². The van der Waals surface area contributed by atoms with Crippen LogP contribution in [-0.4, -0.2) is 11.3 Å². The lowest BCUT2D eigenvalue weighted by molar-refractivity contribution is 0.112. The van der Waals surface area contributed by atoms with E-state index < -0.39 is 0 Å². The summed E-state index contributed by atoms with van der Waals surface area (Å²) in [5, 5.41) is 1.13. The fraction of sp³-hybridized carbons (Fsp3) is 0. The Hall–Kier alpha value is -2.74. The summed E-state index contributed by atoms with van der Waals surface area (Å²) >= 11 is 0. The van der Waals surface area contributed by atoms with E-state index in [0.717, 1.165) is 28.3 Å². The van der Waals surface area contributed by atoms with E-state index in [1.165, 1.54) is 0 Å². The number of aldehydes is 1. The Kier molecular flexibility index (Phi) is 3.38. The van der Waals surface area contributed by atoms with Gasteiger partial charge in [-0.1, -0.05) is 54.6 Å². The molecular formula is C18H13NO. The molecule has 3 rings (SSSR count). The fourth-order valence-corrected chi connectivity index (χ4v) is 2.14. The Morgan fingerprint density at radius 1 is 0.800 bits per heavy atom. The molecule has 0 spiro atoms. The quantitative estimate of drug-likeness (QED) is 0.659. The summed E-state index contributed by atoms with van der Waals surface area (Å²) in [4.78, 5) is 15.0. The molecule has 0 aliphatic rings. The van der Waals surface area contributed by atoms with Gasteiger partial charge >= 0.3 is 0 Å². The standard InChI is InChI=1S/C18H13NO/c20-13-15-7-5-14(6-8-15)9-10-16-11-12-19-18-4-2-1-3-17(16)18/h1-13H/b10-9+. The van der Waals surface area contributed by atoms with Crippen molar-refractivity contribution < 1.29 is 4.79 Å². The van der Waals surface area contributed by atoms with Crippen molar-refractivity contribution in [2.45, 2.75) is 0 Å². The van der Waals surface area contributed by atoms with E-state index >= 15 is 0 Å². The second-order valence-corrected chi connectivity index (χ2v) is 4.54. The molecular weight excluding hydrogens is 246 g/mol. The van der Waals surface area contributed by atoms with Gasteiger partial charge in [-0.25, -0.2) is 0 Å². The molecule has 96 valence electrons. The number of hydrogen-bond donors (Lipinski definition) is 0. The predicted molar refractivity (Wildman–Crippen MR) is 82.5 cm³/mol. The molecule has 0 atom stereocenters. The zero-order valence-electron chi connectivity index (χ0n) is 10.9. The number of hydrogen-bond acceptors (Lipinski definition) is 2. The Morgan fingerprint density at radius 3 is 2.35 bits per heavy atom. The van der Waals surface area contributed by atoms with E-state index in [-0.39, 0.29) is 0 Å². The molecule has 2 nitrogen and oxygen atoms in total. The summed E-state index contributed by atoms with van der Waals surface area (Å²) in [6, 6.07) is 17.6. The maximum Gasteiger partial charge on any atom is 0.150 e. The number of benzene rings is 2. The van der Waals surface area contributed by atoms with Gasteiger partial charge in [0.25, 0.3) is 0 Å². The fourth-order valence-electron chi connectivity index (χ4n) is 2.14. The highest BCUT2D eigenvalue weighted by Crippen LogP contribution is 2.18. The molecule has 2 aromatic carbocycles. The molecule has 3 aromatic rings. The largest absolute Gasteiger partial charge is 0.298 e. The highest BCUT2D eigenvalue weighted by atomic mass is 16.1. The summed E-state index contributed by atoms with van der Waals surface area (Å²) in [6.45, 7) is 0. The van der Waals surface area contributed by atoms with Gasteiger partial charge in [-0.2, -0.15) is 0 Å². The van der Waals surface area contributed by atoms with E-state index in [1.807, 2.05) is 60.8 Å². The average Bonchev–Trinajstić information content (AvgIpc) is 2.53. The number of aromatic nitrogens is 1. The molecule has 0 saturated carbocycles. The molecule has 2 heteroatoms. The minimum atomic E-state index is 0.691. The predicted octanol–water partition coefficient (Wildman–Crippen LogP) is 4.22. The lowest BCUT2D eigenvalue weighted by Crippen LogP contribution is -1.82. The number of pyridine rings is 1. The first-order chi connectivity index (χ1) is 9.86. The number of carbonyl (C=O) groups is 1. The minimum absolute atomic E-state index is 0.691. The van der Waals surface area contributed by atoms with Gasteiger partial charge in [0.05, 0.1) is 5.52 Å². The van der Waals surface area contributed by atoms with Crippen LogP contribution in [0.1, 0.15) is 21.5 Å². The van der Waals surface area contributed by atoms with E-state index in [2.05, 4.69) is 17.1 Å². The van der Waals surface area contributed by atoms with Crippen LogP contribution in [0.5, 0.6) is 0 Å². The first-order valence-electron chi connectivity index (χ1n) is 6.44. The minimum Gasteiger partial charge on any atom is -0.298 e. The van der Waals surface area contributed by atoms with Crippen molar-refractivity contribution in [3.05, 3.63) is 77.5 Å². The van der Waals surface area contributed by atoms with Crippen LogP contribution in [0, 0.1) is 0 Å². The highest BCUT2D eigenvalue weighted by Gasteiger charge is 1.97. The average molecular weight is 259 g/mol. The lowest BCUT2D eigenvalue weighted by Gasteiger charge is -2.01. The van der Waals surface area contributed by atoms with Crippen LogP contribution in [0.15, 0.2) is 60.8 Å². The molecule has 0 radical (unpaired) electrons. The SMILES string of the molecule is O=Cc1ccc(/C=C/c2ccnc3ccccc23)cc1. The third-order valence-corrected chi connectivity index (χ3v) is 3.21. The van der Waals surface area contributed by atoms with Crippen LogP contribution in [0.4, 0.5) is 0 Å². The first kappa shape index (κ1) is 12.3. The van der Waals surface area contributed by atoms with Crippen LogP contribution in [0.2, 0.25) is 0 Å². The normalized spacial score (nSPS) is 11.0. The second kappa shape index (κ2) is 5.49. The zero-order valence-corrected chi connectivity index (χ0v) is 10.9.